The molecular weight excluding hydrogens is 163 g/mol. The quantitative estimate of drug-likeness (QED) is 0.703. The monoisotopic (exact) mass is 176 g/mol. The van der Waals surface area contributed by atoms with Crippen LogP contribution in [-0.4, -0.2) is 30.2 Å². The number of halogens is 1. The van der Waals surface area contributed by atoms with Gasteiger partial charge in [-0.05, 0) is 6.42 Å². The number of alkyl halides is 1. The second kappa shape index (κ2) is 4.59. The fraction of sp³-hybridized carbons (Fsp3) is 0.857. The SMILES string of the molecule is CCC1CN=C(NCCF)S1. The summed E-state index contributed by atoms with van der Waals surface area (Å²) in [7, 11) is 0. The molecule has 0 fully saturated rings. The summed E-state index contributed by atoms with van der Waals surface area (Å²) in [6, 6.07) is 0. The molecule has 11 heavy (non-hydrogen) atoms. The summed E-state index contributed by atoms with van der Waals surface area (Å²) >= 11 is 1.72. The van der Waals surface area contributed by atoms with E-state index in [0.29, 0.717) is 11.8 Å². The van der Waals surface area contributed by atoms with Crippen molar-refractivity contribution in [3.63, 3.8) is 0 Å². The Morgan fingerprint density at radius 3 is 3.18 bits per heavy atom. The van der Waals surface area contributed by atoms with Gasteiger partial charge in [-0.2, -0.15) is 0 Å². The third kappa shape index (κ3) is 2.69. The summed E-state index contributed by atoms with van der Waals surface area (Å²) in [6.07, 6.45) is 1.13. The van der Waals surface area contributed by atoms with Crippen molar-refractivity contribution in [2.75, 3.05) is 19.8 Å². The van der Waals surface area contributed by atoms with Crippen molar-refractivity contribution in [1.29, 1.82) is 0 Å². The van der Waals surface area contributed by atoms with Crippen molar-refractivity contribution < 1.29 is 4.39 Å². The van der Waals surface area contributed by atoms with Gasteiger partial charge in [-0.3, -0.25) is 4.99 Å². The minimum atomic E-state index is -0.323. The summed E-state index contributed by atoms with van der Waals surface area (Å²) < 4.78 is 11.7. The van der Waals surface area contributed by atoms with E-state index < -0.39 is 0 Å². The smallest absolute Gasteiger partial charge is 0.157 e. The van der Waals surface area contributed by atoms with Crippen LogP contribution in [0, 0.1) is 0 Å². The third-order valence-electron chi connectivity index (χ3n) is 1.54. The molecule has 0 saturated heterocycles. The van der Waals surface area contributed by atoms with E-state index in [-0.39, 0.29) is 6.67 Å². The van der Waals surface area contributed by atoms with Gasteiger partial charge < -0.3 is 5.32 Å². The number of hydrogen-bond donors (Lipinski definition) is 1. The molecule has 0 aromatic rings. The largest absolute Gasteiger partial charge is 0.362 e. The Balaban J connectivity index is 2.17. The highest BCUT2D eigenvalue weighted by molar-refractivity contribution is 8.14. The highest BCUT2D eigenvalue weighted by atomic mass is 32.2. The molecule has 1 atom stereocenters. The van der Waals surface area contributed by atoms with E-state index in [1.165, 1.54) is 0 Å². The zero-order chi connectivity index (χ0) is 8.10. The number of hydrogen-bond acceptors (Lipinski definition) is 3. The molecular formula is C7H13FN2S. The van der Waals surface area contributed by atoms with Crippen LogP contribution in [0.2, 0.25) is 0 Å². The van der Waals surface area contributed by atoms with Crippen LogP contribution in [0.4, 0.5) is 4.39 Å². The van der Waals surface area contributed by atoms with Crippen LogP contribution < -0.4 is 5.32 Å². The molecule has 0 aliphatic carbocycles. The second-order valence-electron chi connectivity index (χ2n) is 2.41. The van der Waals surface area contributed by atoms with E-state index >= 15 is 0 Å². The average molecular weight is 176 g/mol. The molecule has 2 nitrogen and oxygen atoms in total. The minimum absolute atomic E-state index is 0.323. The highest BCUT2D eigenvalue weighted by Crippen LogP contribution is 2.21. The lowest BCUT2D eigenvalue weighted by atomic mass is 10.3. The van der Waals surface area contributed by atoms with Gasteiger partial charge in [0.2, 0.25) is 0 Å². The topological polar surface area (TPSA) is 24.4 Å². The standard InChI is InChI=1S/C7H13FN2S/c1-2-6-5-10-7(11-6)9-4-3-8/h6H,2-5H2,1H3,(H,9,10). The Bertz CT molecular complexity index is 149. The van der Waals surface area contributed by atoms with Crippen LogP contribution in [0.3, 0.4) is 0 Å². The van der Waals surface area contributed by atoms with Gasteiger partial charge in [0, 0.05) is 11.8 Å². The molecule has 1 unspecified atom stereocenters. The van der Waals surface area contributed by atoms with Crippen LogP contribution in [-0.2, 0) is 0 Å². The Labute approximate surface area is 70.7 Å². The first kappa shape index (κ1) is 8.84. The number of nitrogens with one attached hydrogen (secondary N) is 1. The number of nitrogens with zero attached hydrogens (tertiary/aromatic N) is 1. The van der Waals surface area contributed by atoms with Crippen LogP contribution in [0.25, 0.3) is 0 Å². The van der Waals surface area contributed by atoms with E-state index in [1.54, 1.807) is 11.8 Å². The lowest BCUT2D eigenvalue weighted by molar-refractivity contribution is 0.492. The number of thioether (sulfide) groups is 1. The molecule has 1 aliphatic heterocycles. The molecule has 0 saturated carbocycles. The van der Waals surface area contributed by atoms with E-state index in [2.05, 4.69) is 17.2 Å². The van der Waals surface area contributed by atoms with E-state index in [0.717, 1.165) is 18.1 Å². The second-order valence-corrected chi connectivity index (χ2v) is 3.70. The Morgan fingerprint density at radius 2 is 2.64 bits per heavy atom. The van der Waals surface area contributed by atoms with Gasteiger partial charge in [0.15, 0.2) is 5.17 Å². The zero-order valence-corrected chi connectivity index (χ0v) is 7.46. The third-order valence-corrected chi connectivity index (χ3v) is 2.86. The number of rotatable bonds is 3. The lowest BCUT2D eigenvalue weighted by Gasteiger charge is -2.03. The summed E-state index contributed by atoms with van der Waals surface area (Å²) in [4.78, 5) is 4.23. The molecule has 1 heterocycles. The molecule has 0 amide bonds. The van der Waals surface area contributed by atoms with Gasteiger partial charge in [0.05, 0.1) is 6.54 Å². The molecule has 1 rings (SSSR count). The van der Waals surface area contributed by atoms with Crippen molar-refractivity contribution in [2.45, 2.75) is 18.6 Å². The van der Waals surface area contributed by atoms with Crippen molar-refractivity contribution in [1.82, 2.24) is 5.32 Å². The van der Waals surface area contributed by atoms with Gasteiger partial charge in [0.1, 0.15) is 6.67 Å². The lowest BCUT2D eigenvalue weighted by Crippen LogP contribution is -2.21. The predicted octanol–water partition coefficient (Wildman–Crippen LogP) is 1.43. The fourth-order valence-electron chi connectivity index (χ4n) is 0.881. The van der Waals surface area contributed by atoms with Crippen molar-refractivity contribution in [3.8, 4) is 0 Å². The minimum Gasteiger partial charge on any atom is -0.362 e. The average Bonchev–Trinajstić information content (AvgIpc) is 2.48. The zero-order valence-electron chi connectivity index (χ0n) is 6.64. The van der Waals surface area contributed by atoms with Crippen LogP contribution in [0.5, 0.6) is 0 Å². The Hall–Kier alpha value is -0.250. The molecule has 0 bridgehead atoms. The van der Waals surface area contributed by atoms with Gasteiger partial charge >= 0.3 is 0 Å². The van der Waals surface area contributed by atoms with Crippen LogP contribution in [0.1, 0.15) is 13.3 Å². The predicted molar refractivity (Wildman–Crippen MR) is 47.9 cm³/mol. The molecule has 0 aromatic carbocycles. The Kier molecular flexibility index (Phi) is 3.69. The first-order valence-corrected chi connectivity index (χ1v) is 4.75. The first-order valence-electron chi connectivity index (χ1n) is 3.87. The van der Waals surface area contributed by atoms with Gasteiger partial charge in [-0.15, -0.1) is 0 Å². The molecule has 0 spiro atoms. The molecule has 0 aromatic heterocycles. The summed E-state index contributed by atoms with van der Waals surface area (Å²) in [5, 5.41) is 4.45. The summed E-state index contributed by atoms with van der Waals surface area (Å²) in [5.41, 5.74) is 0. The maximum atomic E-state index is 11.7. The van der Waals surface area contributed by atoms with E-state index in [4.69, 9.17) is 0 Å². The van der Waals surface area contributed by atoms with Gasteiger partial charge in [-0.1, -0.05) is 18.7 Å². The van der Waals surface area contributed by atoms with Crippen LogP contribution >= 0.6 is 11.8 Å². The molecule has 64 valence electrons. The maximum absolute atomic E-state index is 11.7. The summed E-state index contributed by atoms with van der Waals surface area (Å²) in [6.45, 7) is 3.10. The fourth-order valence-corrected chi connectivity index (χ4v) is 1.85. The maximum Gasteiger partial charge on any atom is 0.157 e. The normalized spacial score (nSPS) is 23.5. The van der Waals surface area contributed by atoms with Crippen molar-refractivity contribution in [2.24, 2.45) is 4.99 Å². The Morgan fingerprint density at radius 1 is 1.82 bits per heavy atom. The van der Waals surface area contributed by atoms with E-state index in [9.17, 15) is 4.39 Å². The molecule has 0 radical (unpaired) electrons. The first-order chi connectivity index (χ1) is 5.36. The van der Waals surface area contributed by atoms with E-state index in [1.807, 2.05) is 0 Å². The highest BCUT2D eigenvalue weighted by Gasteiger charge is 2.16. The molecule has 1 N–H and O–H groups in total. The number of amidine groups is 1. The van der Waals surface area contributed by atoms with Crippen molar-refractivity contribution in [3.05, 3.63) is 0 Å². The summed E-state index contributed by atoms with van der Waals surface area (Å²) in [5.74, 6) is 0. The number of aliphatic imine (C=N–C) groups is 1. The molecule has 1 aliphatic rings. The van der Waals surface area contributed by atoms with Gasteiger partial charge in [0.25, 0.3) is 0 Å². The van der Waals surface area contributed by atoms with Crippen molar-refractivity contribution >= 4 is 16.9 Å². The molecule has 4 heteroatoms. The van der Waals surface area contributed by atoms with Crippen LogP contribution in [0.15, 0.2) is 4.99 Å². The van der Waals surface area contributed by atoms with Gasteiger partial charge in [-0.25, -0.2) is 4.39 Å².